The molecule has 0 fully saturated rings. The van der Waals surface area contributed by atoms with E-state index in [1.54, 1.807) is 0 Å². The van der Waals surface area contributed by atoms with Crippen molar-refractivity contribution >= 4 is 28.7 Å². The summed E-state index contributed by atoms with van der Waals surface area (Å²) in [5.41, 5.74) is 2.18. The van der Waals surface area contributed by atoms with E-state index in [0.717, 1.165) is 23.3 Å². The fraction of sp³-hybridized carbons (Fsp3) is 0.259. The van der Waals surface area contributed by atoms with E-state index in [-0.39, 0.29) is 23.2 Å². The molecule has 1 amide bonds. The maximum absolute atomic E-state index is 13.3. The van der Waals surface area contributed by atoms with Gasteiger partial charge in [0, 0.05) is 6.54 Å². The third-order valence-electron chi connectivity index (χ3n) is 5.86. The number of fused-ring (bicyclic) bond motifs is 1. The molecule has 0 spiro atoms. The van der Waals surface area contributed by atoms with Crippen molar-refractivity contribution in [2.24, 2.45) is 0 Å². The number of amides is 1. The zero-order valence-electron chi connectivity index (χ0n) is 20.0. The topological polar surface area (TPSA) is 50.2 Å². The lowest BCUT2D eigenvalue weighted by molar-refractivity contribution is -0.137. The van der Waals surface area contributed by atoms with E-state index < -0.39 is 11.7 Å². The zero-order chi connectivity index (χ0) is 25.7. The van der Waals surface area contributed by atoms with Crippen LogP contribution in [-0.4, -0.2) is 46.8 Å². The highest BCUT2D eigenvalue weighted by atomic mass is 32.2. The van der Waals surface area contributed by atoms with Crippen molar-refractivity contribution in [1.82, 2.24) is 19.8 Å². The minimum absolute atomic E-state index is 0.0172. The molecular weight excluding hydrogens is 485 g/mol. The van der Waals surface area contributed by atoms with Crippen LogP contribution in [0.5, 0.6) is 0 Å². The summed E-state index contributed by atoms with van der Waals surface area (Å²) in [6.07, 6.45) is -4.45. The normalized spacial score (nSPS) is 12.7. The molecule has 0 aliphatic heterocycles. The molecule has 3 aromatic carbocycles. The summed E-state index contributed by atoms with van der Waals surface area (Å²) in [7, 11) is 3.92. The molecule has 5 nitrogen and oxygen atoms in total. The van der Waals surface area contributed by atoms with Gasteiger partial charge in [0.05, 0.1) is 34.9 Å². The van der Waals surface area contributed by atoms with Crippen molar-refractivity contribution in [1.29, 1.82) is 0 Å². The maximum atomic E-state index is 13.3. The Bertz CT molecular complexity index is 1310. The number of carbonyl (C=O) groups is 1. The Kier molecular flexibility index (Phi) is 8.01. The SMILES string of the molecule is CN(C)[C@H](CNC(=O)CSc1nc2cc(C(F)(F)F)ccc2n1Cc1ccccc1)c1ccccc1. The molecule has 188 valence electrons. The molecule has 4 aromatic rings. The van der Waals surface area contributed by atoms with E-state index in [1.807, 2.05) is 84.2 Å². The zero-order valence-corrected chi connectivity index (χ0v) is 20.8. The van der Waals surface area contributed by atoms with Gasteiger partial charge in [0.2, 0.25) is 5.91 Å². The summed E-state index contributed by atoms with van der Waals surface area (Å²) in [5.74, 6) is -0.0730. The number of alkyl halides is 3. The van der Waals surface area contributed by atoms with Gasteiger partial charge in [-0.1, -0.05) is 72.4 Å². The number of aromatic nitrogens is 2. The first-order valence-electron chi connectivity index (χ1n) is 11.4. The molecule has 0 unspecified atom stereocenters. The molecular formula is C27H27F3N4OS. The third kappa shape index (κ3) is 6.27. The second-order valence-electron chi connectivity index (χ2n) is 8.65. The highest BCUT2D eigenvalue weighted by Gasteiger charge is 2.31. The first kappa shape index (κ1) is 25.8. The van der Waals surface area contributed by atoms with E-state index in [9.17, 15) is 18.0 Å². The summed E-state index contributed by atoms with van der Waals surface area (Å²) < 4.78 is 41.6. The Hall–Kier alpha value is -3.30. The van der Waals surface area contributed by atoms with Crippen LogP contribution in [-0.2, 0) is 17.5 Å². The van der Waals surface area contributed by atoms with Gasteiger partial charge in [-0.3, -0.25) is 4.79 Å². The van der Waals surface area contributed by atoms with E-state index in [4.69, 9.17) is 0 Å². The highest BCUT2D eigenvalue weighted by molar-refractivity contribution is 7.99. The van der Waals surface area contributed by atoms with Crippen molar-refractivity contribution in [3.8, 4) is 0 Å². The molecule has 0 aliphatic rings. The van der Waals surface area contributed by atoms with Crippen molar-refractivity contribution in [3.63, 3.8) is 0 Å². The second kappa shape index (κ2) is 11.2. The van der Waals surface area contributed by atoms with Gasteiger partial charge >= 0.3 is 6.18 Å². The predicted octanol–water partition coefficient (Wildman–Crippen LogP) is 5.61. The standard InChI is InChI=1S/C27H27F3N4OS/c1-33(2)24(20-11-7-4-8-12-20)16-31-25(35)18-36-26-32-22-15-21(27(28,29)30)13-14-23(22)34(26)17-19-9-5-3-6-10-19/h3-15,24H,16-18H2,1-2H3,(H,31,35)/t24-/m1/s1. The summed E-state index contributed by atoms with van der Waals surface area (Å²) in [4.78, 5) is 19.2. The molecule has 9 heteroatoms. The van der Waals surface area contributed by atoms with Crippen molar-refractivity contribution < 1.29 is 18.0 Å². The summed E-state index contributed by atoms with van der Waals surface area (Å²) in [5, 5.41) is 3.47. The Balaban J connectivity index is 1.51. The van der Waals surface area contributed by atoms with E-state index in [0.29, 0.717) is 23.8 Å². The van der Waals surface area contributed by atoms with Crippen LogP contribution in [0, 0.1) is 0 Å². The average molecular weight is 513 g/mol. The summed E-state index contributed by atoms with van der Waals surface area (Å²) in [6.45, 7) is 0.870. The predicted molar refractivity (Wildman–Crippen MR) is 137 cm³/mol. The molecule has 0 saturated carbocycles. The van der Waals surface area contributed by atoms with Crippen molar-refractivity contribution in [2.45, 2.75) is 23.9 Å². The minimum atomic E-state index is -4.45. The first-order chi connectivity index (χ1) is 17.2. The number of likely N-dealkylation sites (N-methyl/N-ethyl adjacent to an activating group) is 1. The quantitative estimate of drug-likeness (QED) is 0.296. The number of halogens is 3. The molecule has 1 heterocycles. The minimum Gasteiger partial charge on any atom is -0.353 e. The van der Waals surface area contributed by atoms with Crippen LogP contribution in [0.25, 0.3) is 11.0 Å². The highest BCUT2D eigenvalue weighted by Crippen LogP contribution is 2.33. The number of imidazole rings is 1. The Morgan fingerprint density at radius 1 is 1.03 bits per heavy atom. The van der Waals surface area contributed by atoms with E-state index in [2.05, 4.69) is 10.3 Å². The molecule has 1 aromatic heterocycles. The fourth-order valence-electron chi connectivity index (χ4n) is 3.98. The van der Waals surface area contributed by atoms with Gasteiger partial charge in [0.25, 0.3) is 0 Å². The summed E-state index contributed by atoms with van der Waals surface area (Å²) in [6, 6.07) is 23.1. The van der Waals surface area contributed by atoms with Crippen molar-refractivity contribution in [2.75, 3.05) is 26.4 Å². The van der Waals surface area contributed by atoms with Crippen LogP contribution >= 0.6 is 11.8 Å². The lowest BCUT2D eigenvalue weighted by Gasteiger charge is -2.25. The Morgan fingerprint density at radius 3 is 2.33 bits per heavy atom. The summed E-state index contributed by atoms with van der Waals surface area (Å²) >= 11 is 1.21. The van der Waals surface area contributed by atoms with Crippen LogP contribution in [0.3, 0.4) is 0 Å². The smallest absolute Gasteiger partial charge is 0.353 e. The number of hydrogen-bond donors (Lipinski definition) is 1. The molecule has 0 radical (unpaired) electrons. The number of benzene rings is 3. The van der Waals surface area contributed by atoms with E-state index >= 15 is 0 Å². The fourth-order valence-corrected chi connectivity index (χ4v) is 4.82. The lowest BCUT2D eigenvalue weighted by atomic mass is 10.1. The van der Waals surface area contributed by atoms with Crippen LogP contribution in [0.15, 0.2) is 84.0 Å². The number of nitrogens with zero attached hydrogens (tertiary/aromatic N) is 3. The van der Waals surface area contributed by atoms with Crippen LogP contribution in [0.4, 0.5) is 13.2 Å². The van der Waals surface area contributed by atoms with Crippen LogP contribution in [0.1, 0.15) is 22.7 Å². The molecule has 0 bridgehead atoms. The molecule has 0 aliphatic carbocycles. The number of nitrogens with one attached hydrogen (secondary N) is 1. The maximum Gasteiger partial charge on any atom is 0.416 e. The lowest BCUT2D eigenvalue weighted by Crippen LogP contribution is -2.35. The van der Waals surface area contributed by atoms with Crippen LogP contribution < -0.4 is 5.32 Å². The first-order valence-corrected chi connectivity index (χ1v) is 12.4. The van der Waals surface area contributed by atoms with Gasteiger partial charge < -0.3 is 14.8 Å². The largest absolute Gasteiger partial charge is 0.416 e. The average Bonchev–Trinajstić information content (AvgIpc) is 3.20. The van der Waals surface area contributed by atoms with Gasteiger partial charge in [-0.2, -0.15) is 13.2 Å². The molecule has 1 atom stereocenters. The van der Waals surface area contributed by atoms with Crippen LogP contribution in [0.2, 0.25) is 0 Å². The van der Waals surface area contributed by atoms with Gasteiger partial charge in [0.15, 0.2) is 5.16 Å². The van der Waals surface area contributed by atoms with Gasteiger partial charge in [-0.15, -0.1) is 0 Å². The van der Waals surface area contributed by atoms with Gasteiger partial charge in [-0.25, -0.2) is 4.98 Å². The Labute approximate surface area is 212 Å². The molecule has 0 saturated heterocycles. The second-order valence-corrected chi connectivity index (χ2v) is 9.59. The van der Waals surface area contributed by atoms with Gasteiger partial charge in [-0.05, 0) is 43.4 Å². The molecule has 4 rings (SSSR count). The third-order valence-corrected chi connectivity index (χ3v) is 6.83. The van der Waals surface area contributed by atoms with Crippen molar-refractivity contribution in [3.05, 3.63) is 95.6 Å². The number of hydrogen-bond acceptors (Lipinski definition) is 4. The van der Waals surface area contributed by atoms with Gasteiger partial charge in [0.1, 0.15) is 0 Å². The molecule has 1 N–H and O–H groups in total. The Morgan fingerprint density at radius 2 is 1.69 bits per heavy atom. The molecule has 36 heavy (non-hydrogen) atoms. The number of carbonyl (C=O) groups excluding carboxylic acids is 1. The monoisotopic (exact) mass is 512 g/mol. The van der Waals surface area contributed by atoms with E-state index in [1.165, 1.54) is 17.8 Å². The number of rotatable bonds is 9. The number of thioether (sulfide) groups is 1.